The third kappa shape index (κ3) is 5.84. The number of rotatable bonds is 0. The smallest absolute Gasteiger partial charge is 0.0279 e. The topological polar surface area (TPSA) is 0 Å². The van der Waals surface area contributed by atoms with Gasteiger partial charge < -0.3 is 0 Å². The molecule has 0 N–H and O–H groups in total. The molecular weight excluding hydrogens is 392 g/mol. The number of benzene rings is 3. The largest absolute Gasteiger partial charge is 0.143 e. The molecule has 0 heterocycles. The number of allylic oxidation sites excluding steroid dienone is 4. The van der Waals surface area contributed by atoms with Gasteiger partial charge >= 0.3 is 0 Å². The fourth-order valence-electron chi connectivity index (χ4n) is 3.04. The first-order valence-electron chi connectivity index (χ1n) is 10.1. The van der Waals surface area contributed by atoms with Crippen LogP contribution in [-0.4, -0.2) is 0 Å². The van der Waals surface area contributed by atoms with E-state index in [9.17, 15) is 0 Å². The van der Waals surface area contributed by atoms with Gasteiger partial charge in [0.05, 0.1) is 0 Å². The highest BCUT2D eigenvalue weighted by atomic mass is 32.1. The van der Waals surface area contributed by atoms with Crippen LogP contribution >= 0.6 is 12.6 Å². The summed E-state index contributed by atoms with van der Waals surface area (Å²) in [5.41, 5.74) is 7.21. The van der Waals surface area contributed by atoms with Gasteiger partial charge in [0.15, 0.2) is 0 Å². The Morgan fingerprint density at radius 2 is 1.19 bits per heavy atom. The summed E-state index contributed by atoms with van der Waals surface area (Å²) in [6.07, 6.45) is 7.16. The highest BCUT2D eigenvalue weighted by Crippen LogP contribution is 2.12. The molecule has 1 heteroatoms. The van der Waals surface area contributed by atoms with Crippen molar-refractivity contribution < 1.29 is 0 Å². The zero-order chi connectivity index (χ0) is 21.5. The Morgan fingerprint density at radius 1 is 0.645 bits per heavy atom. The zero-order valence-corrected chi connectivity index (χ0v) is 18.1. The fraction of sp³-hybridized carbons (Fsp3) is 0.0667. The maximum Gasteiger partial charge on any atom is 0.0279 e. The molecule has 0 saturated heterocycles. The van der Waals surface area contributed by atoms with E-state index in [1.807, 2.05) is 66.7 Å². The summed E-state index contributed by atoms with van der Waals surface area (Å²) < 4.78 is 0. The van der Waals surface area contributed by atoms with E-state index in [-0.39, 0.29) is 0 Å². The summed E-state index contributed by atoms with van der Waals surface area (Å²) >= 11 is 4.30. The van der Waals surface area contributed by atoms with Crippen molar-refractivity contribution >= 4 is 12.6 Å². The second-order valence-electron chi connectivity index (χ2n) is 7.23. The molecule has 1 aliphatic carbocycles. The Bertz CT molecular complexity index is 1350. The van der Waals surface area contributed by atoms with Crippen molar-refractivity contribution in [1.82, 2.24) is 0 Å². The molecule has 0 fully saturated rings. The lowest BCUT2D eigenvalue weighted by Crippen LogP contribution is -1.85. The van der Waals surface area contributed by atoms with Crippen molar-refractivity contribution in [2.45, 2.75) is 18.2 Å². The highest BCUT2D eigenvalue weighted by molar-refractivity contribution is 7.80. The average Bonchev–Trinajstić information content (AvgIpc) is 3.31. The van der Waals surface area contributed by atoms with E-state index in [1.165, 1.54) is 0 Å². The highest BCUT2D eigenvalue weighted by Gasteiger charge is 1.97. The van der Waals surface area contributed by atoms with E-state index in [2.05, 4.69) is 73.3 Å². The Morgan fingerprint density at radius 3 is 1.81 bits per heavy atom. The molecule has 4 rings (SSSR count). The molecule has 0 aromatic heterocycles. The maximum atomic E-state index is 4.30. The first kappa shape index (κ1) is 20.4. The fourth-order valence-corrected chi connectivity index (χ4v) is 3.19. The van der Waals surface area contributed by atoms with Crippen LogP contribution in [0.1, 0.15) is 39.8 Å². The minimum absolute atomic E-state index is 0.934. The Labute approximate surface area is 190 Å². The summed E-state index contributed by atoms with van der Waals surface area (Å²) in [7, 11) is 0. The molecule has 146 valence electrons. The Hall–Kier alpha value is -3.83. The van der Waals surface area contributed by atoms with E-state index < -0.39 is 0 Å². The van der Waals surface area contributed by atoms with E-state index >= 15 is 0 Å². The second kappa shape index (κ2) is 9.78. The van der Waals surface area contributed by atoms with Crippen molar-refractivity contribution in [1.29, 1.82) is 0 Å². The first-order valence-corrected chi connectivity index (χ1v) is 10.5. The van der Waals surface area contributed by atoms with Crippen molar-refractivity contribution in [2.24, 2.45) is 0 Å². The van der Waals surface area contributed by atoms with Gasteiger partial charge in [-0.25, -0.2) is 0 Å². The summed E-state index contributed by atoms with van der Waals surface area (Å²) in [6, 6.07) is 22.0. The van der Waals surface area contributed by atoms with Crippen LogP contribution in [0, 0.1) is 42.4 Å². The molecule has 3 aromatic carbocycles. The van der Waals surface area contributed by atoms with Crippen molar-refractivity contribution in [3.63, 3.8) is 0 Å². The van der Waals surface area contributed by atoms with E-state index in [4.69, 9.17) is 0 Å². The van der Waals surface area contributed by atoms with Crippen LogP contribution in [0.2, 0.25) is 0 Å². The third-order valence-corrected chi connectivity index (χ3v) is 5.11. The van der Waals surface area contributed by atoms with Gasteiger partial charge in [-0.05, 0) is 85.6 Å². The van der Waals surface area contributed by atoms with Gasteiger partial charge in [0, 0.05) is 38.3 Å². The molecule has 0 nitrogen and oxygen atoms in total. The lowest BCUT2D eigenvalue weighted by Gasteiger charge is -1.99. The number of thiol groups is 1. The van der Waals surface area contributed by atoms with Gasteiger partial charge in [-0.3, -0.25) is 0 Å². The maximum absolute atomic E-state index is 4.30. The number of hydrogen-bond donors (Lipinski definition) is 1. The molecule has 1 aliphatic rings. The standard InChI is InChI=1S/C30H20S/c1-23-22-28(13-12-27-16-20-30(31)21-17-27)15-19-29(23)18-14-26-10-8-25(9-11-26)7-6-24-4-2-3-5-24/h2-4,8-11,15-17,19-22,31H,5H2,1H3. The first-order chi connectivity index (χ1) is 15.2. The summed E-state index contributed by atoms with van der Waals surface area (Å²) in [5.74, 6) is 19.3. The van der Waals surface area contributed by atoms with Gasteiger partial charge in [0.1, 0.15) is 0 Å². The van der Waals surface area contributed by atoms with Crippen molar-refractivity contribution in [3.8, 4) is 35.5 Å². The van der Waals surface area contributed by atoms with Crippen LogP contribution in [-0.2, 0) is 0 Å². The third-order valence-electron chi connectivity index (χ3n) is 4.81. The summed E-state index contributed by atoms with van der Waals surface area (Å²) in [6.45, 7) is 2.07. The monoisotopic (exact) mass is 412 g/mol. The lowest BCUT2D eigenvalue weighted by molar-refractivity contribution is 1.36. The minimum atomic E-state index is 0.934. The summed E-state index contributed by atoms with van der Waals surface area (Å²) in [5, 5.41) is 0. The molecule has 0 atom stereocenters. The molecular formula is C30H20S. The molecule has 0 amide bonds. The van der Waals surface area contributed by atoms with Gasteiger partial charge in [-0.1, -0.05) is 53.8 Å². The zero-order valence-electron chi connectivity index (χ0n) is 17.2. The van der Waals surface area contributed by atoms with Gasteiger partial charge in [-0.2, -0.15) is 0 Å². The molecule has 0 radical (unpaired) electrons. The van der Waals surface area contributed by atoms with Gasteiger partial charge in [-0.15, -0.1) is 12.6 Å². The molecule has 31 heavy (non-hydrogen) atoms. The molecule has 0 saturated carbocycles. The predicted molar refractivity (Wildman–Crippen MR) is 132 cm³/mol. The SMILES string of the molecule is Cc1cc(C#Cc2ccc(S)cc2)ccc1C#Cc1ccc(C#CC2=CC=CC2)cc1. The lowest BCUT2D eigenvalue weighted by atomic mass is 10.0. The van der Waals surface area contributed by atoms with Crippen LogP contribution in [0.3, 0.4) is 0 Å². The van der Waals surface area contributed by atoms with Crippen molar-refractivity contribution in [2.75, 3.05) is 0 Å². The van der Waals surface area contributed by atoms with Crippen LogP contribution in [0.5, 0.6) is 0 Å². The number of hydrogen-bond acceptors (Lipinski definition) is 1. The van der Waals surface area contributed by atoms with E-state index in [0.29, 0.717) is 0 Å². The molecule has 3 aromatic rings. The second-order valence-corrected chi connectivity index (χ2v) is 7.74. The van der Waals surface area contributed by atoms with Gasteiger partial charge in [0.2, 0.25) is 0 Å². The van der Waals surface area contributed by atoms with Gasteiger partial charge in [0.25, 0.3) is 0 Å². The molecule has 0 bridgehead atoms. The van der Waals surface area contributed by atoms with Crippen LogP contribution in [0.4, 0.5) is 0 Å². The summed E-state index contributed by atoms with van der Waals surface area (Å²) in [4.78, 5) is 0.936. The van der Waals surface area contributed by atoms with Crippen LogP contribution in [0.15, 0.2) is 95.4 Å². The molecule has 0 aliphatic heterocycles. The van der Waals surface area contributed by atoms with Crippen molar-refractivity contribution in [3.05, 3.63) is 124 Å². The van der Waals surface area contributed by atoms with E-state index in [1.54, 1.807) is 0 Å². The molecule has 0 unspecified atom stereocenters. The van der Waals surface area contributed by atoms with Crippen LogP contribution < -0.4 is 0 Å². The predicted octanol–water partition coefficient (Wildman–Crippen LogP) is 6.32. The normalized spacial score (nSPS) is 11.4. The average molecular weight is 413 g/mol. The quantitative estimate of drug-likeness (QED) is 0.324. The van der Waals surface area contributed by atoms with Crippen LogP contribution in [0.25, 0.3) is 0 Å². The Kier molecular flexibility index (Phi) is 6.45. The Balaban J connectivity index is 1.45. The minimum Gasteiger partial charge on any atom is -0.143 e. The molecule has 0 spiro atoms. The van der Waals surface area contributed by atoms with E-state index in [0.717, 1.165) is 50.3 Å². The number of aryl methyl sites for hydroxylation is 1.